The summed E-state index contributed by atoms with van der Waals surface area (Å²) in [5.41, 5.74) is 2.17. The van der Waals surface area contributed by atoms with Gasteiger partial charge in [0, 0.05) is 18.0 Å². The Morgan fingerprint density at radius 3 is 2.58 bits per heavy atom. The molecule has 1 N–H and O–H groups in total. The molecule has 0 fully saturated rings. The van der Waals surface area contributed by atoms with E-state index in [9.17, 15) is 9.59 Å². The Labute approximate surface area is 228 Å². The van der Waals surface area contributed by atoms with Crippen molar-refractivity contribution >= 4 is 29.3 Å². The SMILES string of the molecule is CC(C)(C)OC(=O)NCCc1cccc(OCCC2Oc3ccccc3N(Cc3cccc(Cl)c3)C2=O)c1. The minimum Gasteiger partial charge on any atom is -0.493 e. The van der Waals surface area contributed by atoms with E-state index >= 15 is 0 Å². The highest BCUT2D eigenvalue weighted by molar-refractivity contribution is 6.30. The van der Waals surface area contributed by atoms with Crippen LogP contribution >= 0.6 is 11.6 Å². The molecular formula is C30H33ClN2O5. The molecule has 0 bridgehead atoms. The molecule has 0 aromatic heterocycles. The maximum Gasteiger partial charge on any atom is 0.407 e. The molecule has 1 aliphatic heterocycles. The lowest BCUT2D eigenvalue weighted by atomic mass is 10.1. The molecule has 8 heteroatoms. The van der Waals surface area contributed by atoms with Crippen molar-refractivity contribution < 1.29 is 23.8 Å². The number of para-hydroxylation sites is 2. The van der Waals surface area contributed by atoms with Gasteiger partial charge >= 0.3 is 6.09 Å². The Morgan fingerprint density at radius 1 is 1.03 bits per heavy atom. The zero-order chi connectivity index (χ0) is 27.1. The van der Waals surface area contributed by atoms with Crippen molar-refractivity contribution in [2.75, 3.05) is 18.1 Å². The number of fused-ring (bicyclic) bond motifs is 1. The Morgan fingerprint density at radius 2 is 1.79 bits per heavy atom. The van der Waals surface area contributed by atoms with Crippen LogP contribution in [0, 0.1) is 0 Å². The molecular weight excluding hydrogens is 504 g/mol. The van der Waals surface area contributed by atoms with Gasteiger partial charge in [0.15, 0.2) is 6.10 Å². The summed E-state index contributed by atoms with van der Waals surface area (Å²) < 4.78 is 17.3. The first-order chi connectivity index (χ1) is 18.2. The third-order valence-corrected chi connectivity index (χ3v) is 6.06. The number of halogens is 1. The van der Waals surface area contributed by atoms with Crippen molar-refractivity contribution in [1.29, 1.82) is 0 Å². The molecule has 3 aromatic rings. The van der Waals surface area contributed by atoms with Gasteiger partial charge in [0.2, 0.25) is 0 Å². The van der Waals surface area contributed by atoms with Gasteiger partial charge in [0.25, 0.3) is 5.91 Å². The third kappa shape index (κ3) is 7.65. The average molecular weight is 537 g/mol. The lowest BCUT2D eigenvalue weighted by molar-refractivity contribution is -0.127. The van der Waals surface area contributed by atoms with Crippen LogP contribution in [0.25, 0.3) is 0 Å². The van der Waals surface area contributed by atoms with Crippen LogP contribution in [0.1, 0.15) is 38.3 Å². The van der Waals surface area contributed by atoms with Crippen LogP contribution in [-0.2, 0) is 22.5 Å². The maximum absolute atomic E-state index is 13.4. The van der Waals surface area contributed by atoms with Crippen LogP contribution in [0.3, 0.4) is 0 Å². The van der Waals surface area contributed by atoms with Crippen LogP contribution in [0.4, 0.5) is 10.5 Å². The molecule has 4 rings (SSSR count). The van der Waals surface area contributed by atoms with E-state index in [1.807, 2.05) is 93.6 Å². The van der Waals surface area contributed by atoms with Gasteiger partial charge in [-0.1, -0.05) is 48.0 Å². The van der Waals surface area contributed by atoms with Crippen molar-refractivity contribution in [3.63, 3.8) is 0 Å². The molecule has 0 saturated heterocycles. The predicted molar refractivity (Wildman–Crippen MR) is 148 cm³/mol. The van der Waals surface area contributed by atoms with Gasteiger partial charge in [-0.2, -0.15) is 0 Å². The fourth-order valence-electron chi connectivity index (χ4n) is 4.14. The minimum atomic E-state index is -0.662. The van der Waals surface area contributed by atoms with Crippen LogP contribution < -0.4 is 19.7 Å². The van der Waals surface area contributed by atoms with Gasteiger partial charge in [-0.05, 0) is 74.7 Å². The van der Waals surface area contributed by atoms with Crippen molar-refractivity contribution in [3.05, 3.63) is 88.9 Å². The van der Waals surface area contributed by atoms with Gasteiger partial charge in [0.05, 0.1) is 18.8 Å². The molecule has 1 aliphatic rings. The standard InChI is InChI=1S/C30H33ClN2O5/c1-30(2,3)38-29(35)32-16-14-21-8-7-11-24(19-21)36-17-15-27-28(34)33(20-22-9-6-10-23(31)18-22)25-12-4-5-13-26(25)37-27/h4-13,18-19,27H,14-17,20H2,1-3H3,(H,32,35). The number of hydrogen-bond acceptors (Lipinski definition) is 5. The van der Waals surface area contributed by atoms with E-state index in [0.29, 0.717) is 49.1 Å². The highest BCUT2D eigenvalue weighted by Gasteiger charge is 2.34. The number of ether oxygens (including phenoxy) is 3. The summed E-state index contributed by atoms with van der Waals surface area (Å²) in [5, 5.41) is 3.39. The number of anilines is 1. The zero-order valence-corrected chi connectivity index (χ0v) is 22.7. The average Bonchev–Trinajstić information content (AvgIpc) is 2.85. The number of carbonyl (C=O) groups excluding carboxylic acids is 2. The first-order valence-electron chi connectivity index (χ1n) is 12.7. The van der Waals surface area contributed by atoms with Gasteiger partial charge in [-0.15, -0.1) is 0 Å². The number of alkyl carbamates (subject to hydrolysis) is 1. The molecule has 38 heavy (non-hydrogen) atoms. The monoisotopic (exact) mass is 536 g/mol. The predicted octanol–water partition coefficient (Wildman–Crippen LogP) is 6.17. The summed E-state index contributed by atoms with van der Waals surface area (Å²) in [4.78, 5) is 27.0. The second-order valence-corrected chi connectivity index (χ2v) is 10.5. The topological polar surface area (TPSA) is 77.1 Å². The molecule has 0 saturated carbocycles. The van der Waals surface area contributed by atoms with Gasteiger partial charge in [0.1, 0.15) is 17.1 Å². The molecule has 1 atom stereocenters. The number of nitrogens with one attached hydrogen (secondary N) is 1. The summed E-state index contributed by atoms with van der Waals surface area (Å²) in [7, 11) is 0. The highest BCUT2D eigenvalue weighted by Crippen LogP contribution is 2.35. The summed E-state index contributed by atoms with van der Waals surface area (Å²) in [6, 6.07) is 22.7. The molecule has 0 spiro atoms. The van der Waals surface area contributed by atoms with E-state index in [4.69, 9.17) is 25.8 Å². The van der Waals surface area contributed by atoms with Crippen molar-refractivity contribution in [2.24, 2.45) is 0 Å². The lowest BCUT2D eigenvalue weighted by Gasteiger charge is -2.34. The third-order valence-electron chi connectivity index (χ3n) is 5.83. The molecule has 3 aromatic carbocycles. The van der Waals surface area contributed by atoms with Crippen LogP contribution in [-0.4, -0.2) is 36.9 Å². The smallest absolute Gasteiger partial charge is 0.407 e. The Hall–Kier alpha value is -3.71. The van der Waals surface area contributed by atoms with Gasteiger partial charge in [-0.25, -0.2) is 4.79 Å². The van der Waals surface area contributed by atoms with E-state index in [1.165, 1.54) is 0 Å². The number of nitrogens with zero attached hydrogens (tertiary/aromatic N) is 1. The quantitative estimate of drug-likeness (QED) is 0.354. The van der Waals surface area contributed by atoms with E-state index in [2.05, 4.69) is 5.32 Å². The van der Waals surface area contributed by atoms with Gasteiger partial charge < -0.3 is 24.4 Å². The minimum absolute atomic E-state index is 0.116. The Balaban J connectivity index is 1.33. The summed E-state index contributed by atoms with van der Waals surface area (Å²) in [6.07, 6.45) is -0.0714. The number of benzene rings is 3. The van der Waals surface area contributed by atoms with Crippen molar-refractivity contribution in [3.8, 4) is 11.5 Å². The normalized spacial score (nSPS) is 14.9. The van der Waals surface area contributed by atoms with Crippen molar-refractivity contribution in [2.45, 2.75) is 51.9 Å². The number of amides is 2. The second-order valence-electron chi connectivity index (χ2n) is 10.1. The molecule has 0 radical (unpaired) electrons. The van der Waals surface area contributed by atoms with E-state index in [0.717, 1.165) is 16.8 Å². The second kappa shape index (κ2) is 12.2. The first kappa shape index (κ1) is 27.3. The molecule has 2 amide bonds. The summed E-state index contributed by atoms with van der Waals surface area (Å²) in [5.74, 6) is 1.24. The van der Waals surface area contributed by atoms with Crippen LogP contribution in [0.2, 0.25) is 5.02 Å². The van der Waals surface area contributed by atoms with Crippen molar-refractivity contribution in [1.82, 2.24) is 5.32 Å². The molecule has 1 heterocycles. The Bertz CT molecular complexity index is 1270. The van der Waals surface area contributed by atoms with E-state index in [1.54, 1.807) is 4.90 Å². The fraction of sp³-hybridized carbons (Fsp3) is 0.333. The van der Waals surface area contributed by atoms with Gasteiger partial charge in [-0.3, -0.25) is 4.79 Å². The number of carbonyl (C=O) groups is 2. The lowest BCUT2D eigenvalue weighted by Crippen LogP contribution is -2.46. The van der Waals surface area contributed by atoms with Crippen LogP contribution in [0.15, 0.2) is 72.8 Å². The molecule has 0 aliphatic carbocycles. The zero-order valence-electron chi connectivity index (χ0n) is 21.9. The highest BCUT2D eigenvalue weighted by atomic mass is 35.5. The maximum atomic E-state index is 13.4. The van der Waals surface area contributed by atoms with Crippen LogP contribution in [0.5, 0.6) is 11.5 Å². The number of rotatable bonds is 9. The molecule has 200 valence electrons. The Kier molecular flexibility index (Phi) is 8.79. The largest absolute Gasteiger partial charge is 0.493 e. The molecule has 7 nitrogen and oxygen atoms in total. The summed E-state index contributed by atoms with van der Waals surface area (Å²) >= 11 is 6.16. The number of hydrogen-bond donors (Lipinski definition) is 1. The fourth-order valence-corrected chi connectivity index (χ4v) is 4.35. The first-order valence-corrected chi connectivity index (χ1v) is 13.1. The molecule has 1 unspecified atom stereocenters. The summed E-state index contributed by atoms with van der Waals surface area (Å²) in [6.45, 7) is 6.64. The van der Waals surface area contributed by atoms with E-state index < -0.39 is 17.8 Å². The van der Waals surface area contributed by atoms with E-state index in [-0.39, 0.29) is 5.91 Å².